The molecule has 1 aromatic carbocycles. The molecule has 3 rings (SSSR count). The monoisotopic (exact) mass is 366 g/mol. The van der Waals surface area contributed by atoms with Crippen molar-refractivity contribution in [3.05, 3.63) is 54.2 Å². The van der Waals surface area contributed by atoms with E-state index in [0.29, 0.717) is 12.5 Å². The quantitative estimate of drug-likeness (QED) is 0.726. The standard InChI is InChI=1S/C20H26N6O/c1-14(2)9-18(19-22-13-23-26(19)4)24-20(27)25(3)12-15-10-16-7-5-6-8-17(16)21-11-15/h5-8,10-11,13-14,18H,9,12H2,1-4H3,(H,24,27). The fourth-order valence-electron chi connectivity index (χ4n) is 3.13. The Hall–Kier alpha value is -2.96. The minimum absolute atomic E-state index is 0.142. The molecule has 0 aliphatic rings. The lowest BCUT2D eigenvalue weighted by Crippen LogP contribution is -2.40. The number of amides is 2. The number of benzene rings is 1. The van der Waals surface area contributed by atoms with E-state index in [-0.39, 0.29) is 12.1 Å². The predicted octanol–water partition coefficient (Wildman–Crippen LogP) is 3.29. The third kappa shape index (κ3) is 4.61. The van der Waals surface area contributed by atoms with E-state index in [2.05, 4.69) is 40.3 Å². The molecule has 2 aromatic heterocycles. The minimum atomic E-state index is -0.179. The first kappa shape index (κ1) is 18.8. The third-order valence-corrected chi connectivity index (χ3v) is 4.48. The molecule has 0 fully saturated rings. The van der Waals surface area contributed by atoms with Gasteiger partial charge in [-0.1, -0.05) is 32.0 Å². The molecule has 1 unspecified atom stereocenters. The summed E-state index contributed by atoms with van der Waals surface area (Å²) in [6.07, 6.45) is 4.13. The number of para-hydroxylation sites is 1. The van der Waals surface area contributed by atoms with Crippen LogP contribution in [0.3, 0.4) is 0 Å². The van der Waals surface area contributed by atoms with E-state index in [0.717, 1.165) is 28.7 Å². The van der Waals surface area contributed by atoms with Crippen LogP contribution in [0.25, 0.3) is 10.9 Å². The van der Waals surface area contributed by atoms with Gasteiger partial charge in [0.2, 0.25) is 0 Å². The second kappa shape index (κ2) is 8.16. The van der Waals surface area contributed by atoms with Crippen LogP contribution in [0.15, 0.2) is 42.9 Å². The first-order valence-corrected chi connectivity index (χ1v) is 9.13. The normalized spacial score (nSPS) is 12.3. The van der Waals surface area contributed by atoms with E-state index in [1.807, 2.05) is 37.5 Å². The number of aromatic nitrogens is 4. The van der Waals surface area contributed by atoms with Crippen molar-refractivity contribution < 1.29 is 4.79 Å². The molecule has 7 heteroatoms. The molecule has 0 saturated heterocycles. The lowest BCUT2D eigenvalue weighted by Gasteiger charge is -2.24. The van der Waals surface area contributed by atoms with Crippen LogP contribution in [0.5, 0.6) is 0 Å². The SMILES string of the molecule is CC(C)CC(NC(=O)N(C)Cc1cnc2ccccc2c1)c1ncnn1C. The molecule has 1 atom stereocenters. The Morgan fingerprint density at radius 1 is 1.26 bits per heavy atom. The minimum Gasteiger partial charge on any atom is -0.328 e. The van der Waals surface area contributed by atoms with Crippen molar-refractivity contribution in [3.63, 3.8) is 0 Å². The van der Waals surface area contributed by atoms with Gasteiger partial charge in [0, 0.05) is 32.2 Å². The number of rotatable bonds is 6. The zero-order valence-corrected chi connectivity index (χ0v) is 16.3. The number of pyridine rings is 1. The van der Waals surface area contributed by atoms with Gasteiger partial charge in [-0.15, -0.1) is 0 Å². The van der Waals surface area contributed by atoms with Gasteiger partial charge in [-0.25, -0.2) is 9.78 Å². The van der Waals surface area contributed by atoms with Crippen LogP contribution in [0.1, 0.15) is 37.7 Å². The van der Waals surface area contributed by atoms with Crippen LogP contribution in [-0.2, 0) is 13.6 Å². The van der Waals surface area contributed by atoms with Crippen molar-refractivity contribution in [3.8, 4) is 0 Å². The van der Waals surface area contributed by atoms with E-state index >= 15 is 0 Å². The third-order valence-electron chi connectivity index (χ3n) is 4.48. The van der Waals surface area contributed by atoms with E-state index in [9.17, 15) is 4.79 Å². The predicted molar refractivity (Wildman–Crippen MR) is 105 cm³/mol. The van der Waals surface area contributed by atoms with E-state index in [4.69, 9.17) is 0 Å². The summed E-state index contributed by atoms with van der Waals surface area (Å²) in [5.41, 5.74) is 1.94. The lowest BCUT2D eigenvalue weighted by atomic mass is 10.0. The Bertz CT molecular complexity index is 919. The summed E-state index contributed by atoms with van der Waals surface area (Å²) in [6, 6.07) is 9.71. The highest BCUT2D eigenvalue weighted by Crippen LogP contribution is 2.19. The summed E-state index contributed by atoms with van der Waals surface area (Å²) in [4.78, 5) is 23.2. The summed E-state index contributed by atoms with van der Waals surface area (Å²) in [5.74, 6) is 1.18. The molecule has 27 heavy (non-hydrogen) atoms. The highest BCUT2D eigenvalue weighted by molar-refractivity contribution is 5.79. The summed E-state index contributed by atoms with van der Waals surface area (Å²) in [7, 11) is 3.62. The van der Waals surface area contributed by atoms with Crippen LogP contribution in [-0.4, -0.2) is 37.7 Å². The topological polar surface area (TPSA) is 75.9 Å². The molecule has 2 amide bonds. The van der Waals surface area contributed by atoms with Gasteiger partial charge < -0.3 is 10.2 Å². The van der Waals surface area contributed by atoms with E-state index in [1.165, 1.54) is 6.33 Å². The molecule has 0 aliphatic heterocycles. The molecule has 0 spiro atoms. The lowest BCUT2D eigenvalue weighted by molar-refractivity contribution is 0.199. The van der Waals surface area contributed by atoms with Crippen LogP contribution >= 0.6 is 0 Å². The highest BCUT2D eigenvalue weighted by Gasteiger charge is 2.22. The number of fused-ring (bicyclic) bond motifs is 1. The van der Waals surface area contributed by atoms with Crippen molar-refractivity contribution in [2.24, 2.45) is 13.0 Å². The number of hydrogen-bond acceptors (Lipinski definition) is 4. The fourth-order valence-corrected chi connectivity index (χ4v) is 3.13. The van der Waals surface area contributed by atoms with Gasteiger partial charge in [0.1, 0.15) is 12.2 Å². The molecule has 0 radical (unpaired) electrons. The first-order valence-electron chi connectivity index (χ1n) is 9.13. The Kier molecular flexibility index (Phi) is 5.69. The van der Waals surface area contributed by atoms with Crippen molar-refractivity contribution in [2.75, 3.05) is 7.05 Å². The Labute approximate surface area is 159 Å². The van der Waals surface area contributed by atoms with Gasteiger partial charge in [-0.05, 0) is 30.0 Å². The maximum atomic E-state index is 12.7. The number of nitrogens with one attached hydrogen (secondary N) is 1. The maximum Gasteiger partial charge on any atom is 0.318 e. The summed E-state index contributed by atoms with van der Waals surface area (Å²) < 4.78 is 1.71. The Morgan fingerprint density at radius 3 is 2.74 bits per heavy atom. The van der Waals surface area contributed by atoms with Gasteiger partial charge in [0.15, 0.2) is 0 Å². The van der Waals surface area contributed by atoms with Crippen LogP contribution in [0.2, 0.25) is 0 Å². The summed E-state index contributed by atoms with van der Waals surface area (Å²) in [5, 5.41) is 8.29. The number of urea groups is 1. The number of carbonyl (C=O) groups excluding carboxylic acids is 1. The van der Waals surface area contributed by atoms with Gasteiger partial charge >= 0.3 is 6.03 Å². The van der Waals surface area contributed by atoms with Crippen LogP contribution in [0, 0.1) is 5.92 Å². The molecule has 0 saturated carbocycles. The smallest absolute Gasteiger partial charge is 0.318 e. The average molecular weight is 366 g/mol. The van der Waals surface area contributed by atoms with Crippen LogP contribution in [0.4, 0.5) is 4.79 Å². The molecule has 2 heterocycles. The van der Waals surface area contributed by atoms with Gasteiger partial charge in [-0.3, -0.25) is 9.67 Å². The fraction of sp³-hybridized carbons (Fsp3) is 0.400. The summed E-state index contributed by atoms with van der Waals surface area (Å²) in [6.45, 7) is 4.73. The largest absolute Gasteiger partial charge is 0.328 e. The number of nitrogens with zero attached hydrogens (tertiary/aromatic N) is 5. The van der Waals surface area contributed by atoms with Crippen molar-refractivity contribution in [1.29, 1.82) is 0 Å². The van der Waals surface area contributed by atoms with Crippen LogP contribution < -0.4 is 5.32 Å². The molecular weight excluding hydrogens is 340 g/mol. The molecule has 1 N–H and O–H groups in total. The van der Waals surface area contributed by atoms with Gasteiger partial charge in [-0.2, -0.15) is 5.10 Å². The summed E-state index contributed by atoms with van der Waals surface area (Å²) >= 11 is 0. The Balaban J connectivity index is 1.70. The zero-order valence-electron chi connectivity index (χ0n) is 16.3. The number of carbonyl (C=O) groups is 1. The highest BCUT2D eigenvalue weighted by atomic mass is 16.2. The molecule has 142 valence electrons. The molecule has 7 nitrogen and oxygen atoms in total. The Morgan fingerprint density at radius 2 is 2.04 bits per heavy atom. The van der Waals surface area contributed by atoms with Crippen molar-refractivity contribution in [1.82, 2.24) is 30.0 Å². The van der Waals surface area contributed by atoms with Gasteiger partial charge in [0.25, 0.3) is 0 Å². The molecular formula is C20H26N6O. The molecule has 0 aliphatic carbocycles. The average Bonchev–Trinajstić information content (AvgIpc) is 3.06. The maximum absolute atomic E-state index is 12.7. The van der Waals surface area contributed by atoms with Crippen molar-refractivity contribution >= 4 is 16.9 Å². The van der Waals surface area contributed by atoms with E-state index in [1.54, 1.807) is 16.6 Å². The second-order valence-electron chi connectivity index (χ2n) is 7.27. The first-order chi connectivity index (χ1) is 12.9. The molecule has 3 aromatic rings. The zero-order chi connectivity index (χ0) is 19.4. The number of hydrogen-bond donors (Lipinski definition) is 1. The number of aryl methyl sites for hydroxylation is 1. The second-order valence-corrected chi connectivity index (χ2v) is 7.27. The molecule has 0 bridgehead atoms. The van der Waals surface area contributed by atoms with E-state index < -0.39 is 0 Å². The van der Waals surface area contributed by atoms with Crippen molar-refractivity contribution in [2.45, 2.75) is 32.9 Å². The van der Waals surface area contributed by atoms with Gasteiger partial charge in [0.05, 0.1) is 11.6 Å².